The molecule has 0 fully saturated rings. The predicted molar refractivity (Wildman–Crippen MR) is 244 cm³/mol. The maximum absolute atomic E-state index is 13.1. The van der Waals surface area contributed by atoms with Crippen molar-refractivity contribution in [3.8, 4) is 23.0 Å². The molecule has 6 rings (SSSR count). The van der Waals surface area contributed by atoms with Gasteiger partial charge in [0.05, 0.1) is 9.79 Å². The average molecular weight is 801 g/mol. The lowest BCUT2D eigenvalue weighted by Gasteiger charge is -2.26. The lowest BCUT2D eigenvalue weighted by Crippen LogP contribution is -2.18. The normalized spacial score (nSPS) is 10.4. The predicted octanol–water partition coefficient (Wildman–Crippen LogP) is 15.0. The maximum Gasteiger partial charge on any atom is 0.206 e. The Kier molecular flexibility index (Phi) is 19.4. The van der Waals surface area contributed by atoms with Crippen LogP contribution in [0.2, 0.25) is 0 Å². The molecule has 6 aromatic carbocycles. The number of sulfone groups is 1. The molecule has 0 saturated carbocycles. The second-order valence-corrected chi connectivity index (χ2v) is 15.2. The summed E-state index contributed by atoms with van der Waals surface area (Å²) in [5.74, 6) is 2.61. The van der Waals surface area contributed by atoms with Gasteiger partial charge in [-0.3, -0.25) is 4.79 Å². The van der Waals surface area contributed by atoms with Gasteiger partial charge in [0, 0.05) is 16.5 Å². The van der Waals surface area contributed by atoms with Crippen molar-refractivity contribution in [2.45, 2.75) is 112 Å². The van der Waals surface area contributed by atoms with Gasteiger partial charge in [-0.15, -0.1) is 0 Å². The molecule has 0 N–H and O–H groups in total. The highest BCUT2D eigenvalue weighted by atomic mass is 32.2. The van der Waals surface area contributed by atoms with Crippen LogP contribution < -0.4 is 9.47 Å². The zero-order valence-corrected chi connectivity index (χ0v) is 38.0. The molecular formula is C52H64O5S. The Morgan fingerprint density at radius 1 is 0.448 bits per heavy atom. The van der Waals surface area contributed by atoms with E-state index in [1.807, 2.05) is 156 Å². The molecule has 0 saturated heterocycles. The minimum atomic E-state index is -3.60. The van der Waals surface area contributed by atoms with Crippen molar-refractivity contribution in [3.63, 3.8) is 0 Å². The lowest BCUT2D eigenvalue weighted by atomic mass is 9.78. The average Bonchev–Trinajstić information content (AvgIpc) is 3.26. The summed E-state index contributed by atoms with van der Waals surface area (Å²) in [7, 11) is -3.60. The third-order valence-electron chi connectivity index (χ3n) is 9.29. The fraction of sp³-hybridized carbons (Fsp3) is 0.288. The largest absolute Gasteiger partial charge is 0.457 e. The van der Waals surface area contributed by atoms with Crippen LogP contribution in [0.3, 0.4) is 0 Å². The third-order valence-corrected chi connectivity index (χ3v) is 11.1. The molecule has 0 aliphatic heterocycles. The molecule has 0 unspecified atom stereocenters. The van der Waals surface area contributed by atoms with Crippen LogP contribution in [0.4, 0.5) is 0 Å². The van der Waals surface area contributed by atoms with E-state index < -0.39 is 9.84 Å². The van der Waals surface area contributed by atoms with E-state index in [0.717, 1.165) is 33.4 Å². The topological polar surface area (TPSA) is 69.7 Å². The van der Waals surface area contributed by atoms with Crippen LogP contribution in [0.25, 0.3) is 0 Å². The lowest BCUT2D eigenvalue weighted by molar-refractivity contribution is 0.103. The van der Waals surface area contributed by atoms with Crippen molar-refractivity contribution < 1.29 is 22.7 Å². The minimum absolute atomic E-state index is 0.00483. The Morgan fingerprint density at radius 3 is 1.26 bits per heavy atom. The zero-order chi connectivity index (χ0) is 43.6. The van der Waals surface area contributed by atoms with Crippen molar-refractivity contribution in [3.05, 3.63) is 178 Å². The van der Waals surface area contributed by atoms with Gasteiger partial charge in [-0.05, 0) is 140 Å². The van der Waals surface area contributed by atoms with E-state index >= 15 is 0 Å². The number of rotatable bonds is 10. The number of ketones is 1. The van der Waals surface area contributed by atoms with Crippen LogP contribution in [-0.4, -0.2) is 14.2 Å². The fourth-order valence-electron chi connectivity index (χ4n) is 5.80. The summed E-state index contributed by atoms with van der Waals surface area (Å²) in [6, 6.07) is 40.6. The molecule has 0 aliphatic carbocycles. The summed E-state index contributed by atoms with van der Waals surface area (Å²) in [6.45, 7) is 28.3. The summed E-state index contributed by atoms with van der Waals surface area (Å²) in [5, 5.41) is 0. The highest BCUT2D eigenvalue weighted by Crippen LogP contribution is 2.35. The molecule has 58 heavy (non-hydrogen) atoms. The molecule has 6 heteroatoms. The summed E-state index contributed by atoms with van der Waals surface area (Å²) in [4.78, 5) is 13.6. The number of hydrogen-bond acceptors (Lipinski definition) is 5. The Labute approximate surface area is 350 Å². The molecule has 0 bridgehead atoms. The Hall–Kier alpha value is -5.46. The number of ether oxygens (including phenoxy) is 2. The van der Waals surface area contributed by atoms with Crippen molar-refractivity contribution in [1.29, 1.82) is 0 Å². The van der Waals surface area contributed by atoms with Gasteiger partial charge in [-0.25, -0.2) is 8.42 Å². The molecule has 0 spiro atoms. The monoisotopic (exact) mass is 800 g/mol. The number of hydrogen-bond donors (Lipinski definition) is 0. The molecular weight excluding hydrogens is 737 g/mol. The van der Waals surface area contributed by atoms with Gasteiger partial charge in [0.25, 0.3) is 0 Å². The summed E-state index contributed by atoms with van der Waals surface area (Å²) >= 11 is 0. The summed E-state index contributed by atoms with van der Waals surface area (Å²) in [5.41, 5.74) is 7.39. The van der Waals surface area contributed by atoms with E-state index in [1.165, 1.54) is 0 Å². The molecule has 0 aliphatic rings. The number of carbonyl (C=O) groups excluding carboxylic acids is 1. The second kappa shape index (κ2) is 23.1. The van der Waals surface area contributed by atoms with Crippen LogP contribution in [0.15, 0.2) is 143 Å². The van der Waals surface area contributed by atoms with Crippen LogP contribution >= 0.6 is 0 Å². The molecule has 0 aromatic heterocycles. The molecule has 6 aromatic rings. The van der Waals surface area contributed by atoms with Crippen LogP contribution in [-0.2, 0) is 15.3 Å². The molecule has 308 valence electrons. The summed E-state index contributed by atoms with van der Waals surface area (Å²) < 4.78 is 38.3. The van der Waals surface area contributed by atoms with Gasteiger partial charge in [0.15, 0.2) is 5.78 Å². The number of benzene rings is 6. The smallest absolute Gasteiger partial charge is 0.206 e. The van der Waals surface area contributed by atoms with Crippen LogP contribution in [0.5, 0.6) is 23.0 Å². The highest BCUT2D eigenvalue weighted by Gasteiger charge is 2.24. The maximum atomic E-state index is 13.1. The minimum Gasteiger partial charge on any atom is -0.457 e. The third kappa shape index (κ3) is 12.3. The fourth-order valence-corrected chi connectivity index (χ4v) is 7.06. The Bertz CT molecular complexity index is 2270. The zero-order valence-electron chi connectivity index (χ0n) is 37.2. The summed E-state index contributed by atoms with van der Waals surface area (Å²) in [6.07, 6.45) is 0. The first-order chi connectivity index (χ1) is 27.8. The molecule has 0 amide bonds. The van der Waals surface area contributed by atoms with Crippen LogP contribution in [0.1, 0.15) is 119 Å². The van der Waals surface area contributed by atoms with Gasteiger partial charge in [0.2, 0.25) is 9.84 Å². The van der Waals surface area contributed by atoms with E-state index in [4.69, 9.17) is 9.47 Å². The van der Waals surface area contributed by atoms with Crippen LogP contribution in [0, 0.1) is 27.7 Å². The molecule has 0 radical (unpaired) electrons. The number of aryl methyl sites for hydroxylation is 4. The van der Waals surface area contributed by atoms with E-state index in [0.29, 0.717) is 34.1 Å². The van der Waals surface area contributed by atoms with Gasteiger partial charge < -0.3 is 9.47 Å². The van der Waals surface area contributed by atoms with Gasteiger partial charge in [0.1, 0.15) is 23.0 Å². The first kappa shape index (κ1) is 48.7. The molecule has 5 nitrogen and oxygen atoms in total. The van der Waals surface area contributed by atoms with Crippen molar-refractivity contribution in [2.75, 3.05) is 0 Å². The van der Waals surface area contributed by atoms with Crippen molar-refractivity contribution >= 4 is 15.6 Å². The van der Waals surface area contributed by atoms with Gasteiger partial charge >= 0.3 is 0 Å². The second-order valence-electron chi connectivity index (χ2n) is 13.3. The van der Waals surface area contributed by atoms with E-state index in [1.54, 1.807) is 48.5 Å². The Balaban J connectivity index is 0.00000137. The van der Waals surface area contributed by atoms with E-state index in [2.05, 4.69) is 26.0 Å². The first-order valence-electron chi connectivity index (χ1n) is 20.5. The van der Waals surface area contributed by atoms with Gasteiger partial charge in [-0.2, -0.15) is 0 Å². The van der Waals surface area contributed by atoms with Crippen molar-refractivity contribution in [2.24, 2.45) is 0 Å². The van der Waals surface area contributed by atoms with Gasteiger partial charge in [-0.1, -0.05) is 123 Å². The SMILES string of the molecule is CC.CC.CC.CC.Cc1ccc(S(=O)(=O)c2ccc(Oc3ccc(C(C)(C)c4ccc(Oc5ccc(C(=O)c6ccc(C)c(C)c6)cc5C)cc4)cc3)cc2)cc1. The van der Waals surface area contributed by atoms with Crippen molar-refractivity contribution in [1.82, 2.24) is 0 Å². The molecule has 0 heterocycles. The Morgan fingerprint density at radius 2 is 0.828 bits per heavy atom. The van der Waals surface area contributed by atoms with E-state index in [9.17, 15) is 13.2 Å². The highest BCUT2D eigenvalue weighted by molar-refractivity contribution is 7.91. The first-order valence-corrected chi connectivity index (χ1v) is 22.0. The molecule has 0 atom stereocenters. The van der Waals surface area contributed by atoms with E-state index in [-0.39, 0.29) is 21.0 Å². The standard InChI is InChI=1S/C44H40O5S.4C2H6/c1-29-7-22-40(23-8-29)50(46,47)41-24-20-38(21-25-41)48-37-16-12-35(13-17-37)44(5,6)36-14-18-39(19-15-36)49-42-26-11-34(28-32(42)4)43(45)33-10-9-30(2)31(3)27-33;4*1-2/h7-28H,1-6H3;4*1-2H3. The number of carbonyl (C=O) groups is 1. The quantitative estimate of drug-likeness (QED) is 0.129.